The van der Waals surface area contributed by atoms with Gasteiger partial charge in [0.2, 0.25) is 10.0 Å². The zero-order chi connectivity index (χ0) is 18.7. The normalized spacial score (nSPS) is 15.7. The van der Waals surface area contributed by atoms with Gasteiger partial charge < -0.3 is 14.4 Å². The van der Waals surface area contributed by atoms with Crippen LogP contribution < -0.4 is 9.47 Å². The van der Waals surface area contributed by atoms with Gasteiger partial charge in [-0.05, 0) is 12.1 Å². The first-order valence-corrected chi connectivity index (χ1v) is 10.3. The van der Waals surface area contributed by atoms with Gasteiger partial charge in [-0.3, -0.25) is 4.79 Å². The van der Waals surface area contributed by atoms with Crippen molar-refractivity contribution in [1.82, 2.24) is 14.2 Å². The summed E-state index contributed by atoms with van der Waals surface area (Å²) in [4.78, 5) is 18.0. The summed E-state index contributed by atoms with van der Waals surface area (Å²) in [6, 6.07) is 4.59. The largest absolute Gasteiger partial charge is 0.497 e. The Hall–Kier alpha value is -2.17. The number of hydrogen-bond acceptors (Lipinski definition) is 7. The molecular formula is C16H19N3O5S2. The van der Waals surface area contributed by atoms with Crippen LogP contribution in [0.3, 0.4) is 0 Å². The number of nitrogens with zero attached hydrogens (tertiary/aromatic N) is 3. The molecule has 1 aliphatic heterocycles. The number of benzene rings is 1. The number of hydrogen-bond donors (Lipinski definition) is 0. The SMILES string of the molecule is COc1ccc(S(=O)(=O)N2CCN(C(=O)c3cscn3)CC2)c(OC)c1. The van der Waals surface area contributed by atoms with Crippen LogP contribution in [-0.4, -0.2) is 68.9 Å². The molecule has 0 spiro atoms. The predicted octanol–water partition coefficient (Wildman–Crippen LogP) is 1.31. The van der Waals surface area contributed by atoms with E-state index in [9.17, 15) is 13.2 Å². The standard InChI is InChI=1S/C16H19N3O5S2/c1-23-12-3-4-15(14(9-12)24-2)26(21,22)19-7-5-18(6-8-19)16(20)13-10-25-11-17-13/h3-4,9-11H,5-8H2,1-2H3. The molecule has 0 N–H and O–H groups in total. The first-order valence-electron chi connectivity index (χ1n) is 7.87. The number of carbonyl (C=O) groups excluding carboxylic acids is 1. The van der Waals surface area contributed by atoms with Crippen LogP contribution in [0.1, 0.15) is 10.5 Å². The minimum Gasteiger partial charge on any atom is -0.497 e. The molecule has 26 heavy (non-hydrogen) atoms. The maximum Gasteiger partial charge on any atom is 0.273 e. The third kappa shape index (κ3) is 3.53. The lowest BCUT2D eigenvalue weighted by Gasteiger charge is -2.33. The van der Waals surface area contributed by atoms with E-state index >= 15 is 0 Å². The fourth-order valence-electron chi connectivity index (χ4n) is 2.74. The van der Waals surface area contributed by atoms with Gasteiger partial charge in [0, 0.05) is 37.6 Å². The molecule has 1 saturated heterocycles. The van der Waals surface area contributed by atoms with Crippen LogP contribution in [0.5, 0.6) is 11.5 Å². The minimum absolute atomic E-state index is 0.0834. The smallest absolute Gasteiger partial charge is 0.273 e. The summed E-state index contributed by atoms with van der Waals surface area (Å²) in [5.74, 6) is 0.565. The molecule has 0 aliphatic carbocycles. The molecule has 10 heteroatoms. The first kappa shape index (κ1) is 18.6. The van der Waals surface area contributed by atoms with Crippen LogP contribution in [0.25, 0.3) is 0 Å². The topological polar surface area (TPSA) is 89.0 Å². The average Bonchev–Trinajstić information content (AvgIpc) is 3.21. The summed E-state index contributed by atoms with van der Waals surface area (Å²) in [5, 5.41) is 1.69. The zero-order valence-electron chi connectivity index (χ0n) is 14.4. The average molecular weight is 397 g/mol. The van der Waals surface area contributed by atoms with Crippen molar-refractivity contribution in [2.75, 3.05) is 40.4 Å². The number of methoxy groups -OCH3 is 2. The van der Waals surface area contributed by atoms with E-state index in [0.717, 1.165) is 0 Å². The van der Waals surface area contributed by atoms with Crippen molar-refractivity contribution in [3.8, 4) is 11.5 Å². The third-order valence-corrected chi connectivity index (χ3v) is 6.69. The van der Waals surface area contributed by atoms with Gasteiger partial charge in [0.15, 0.2) is 0 Å². The summed E-state index contributed by atoms with van der Waals surface area (Å²) in [5.41, 5.74) is 1.99. The van der Waals surface area contributed by atoms with E-state index in [2.05, 4.69) is 4.98 Å². The molecule has 1 fully saturated rings. The van der Waals surface area contributed by atoms with Crippen molar-refractivity contribution < 1.29 is 22.7 Å². The van der Waals surface area contributed by atoms with Crippen molar-refractivity contribution in [2.45, 2.75) is 4.90 Å². The summed E-state index contributed by atoms with van der Waals surface area (Å²) < 4.78 is 37.6. The molecule has 8 nitrogen and oxygen atoms in total. The molecule has 1 aliphatic rings. The highest BCUT2D eigenvalue weighted by molar-refractivity contribution is 7.89. The molecule has 2 aromatic rings. The Labute approximate surface area is 156 Å². The second-order valence-electron chi connectivity index (χ2n) is 5.59. The van der Waals surface area contributed by atoms with Gasteiger partial charge in [0.05, 0.1) is 19.7 Å². The van der Waals surface area contributed by atoms with Crippen LogP contribution in [-0.2, 0) is 10.0 Å². The molecule has 0 unspecified atom stereocenters. The number of ether oxygens (including phenoxy) is 2. The van der Waals surface area contributed by atoms with Gasteiger partial charge in [0.25, 0.3) is 5.91 Å². The monoisotopic (exact) mass is 397 g/mol. The third-order valence-electron chi connectivity index (χ3n) is 4.17. The molecule has 0 bridgehead atoms. The molecule has 140 valence electrons. The van der Waals surface area contributed by atoms with E-state index in [1.165, 1.54) is 42.0 Å². The number of rotatable bonds is 5. The Kier molecular flexibility index (Phi) is 5.44. The van der Waals surface area contributed by atoms with Crippen LogP contribution in [0.4, 0.5) is 0 Å². The summed E-state index contributed by atoms with van der Waals surface area (Å²) in [6.07, 6.45) is 0. The highest BCUT2D eigenvalue weighted by Gasteiger charge is 2.32. The van der Waals surface area contributed by atoms with E-state index in [-0.39, 0.29) is 29.6 Å². The van der Waals surface area contributed by atoms with Gasteiger partial charge >= 0.3 is 0 Å². The lowest BCUT2D eigenvalue weighted by Crippen LogP contribution is -2.50. The Morgan fingerprint density at radius 1 is 1.15 bits per heavy atom. The van der Waals surface area contributed by atoms with E-state index in [1.54, 1.807) is 21.9 Å². The Bertz CT molecular complexity index is 875. The van der Waals surface area contributed by atoms with Gasteiger partial charge in [-0.15, -0.1) is 11.3 Å². The molecular weight excluding hydrogens is 378 g/mol. The minimum atomic E-state index is -3.73. The second-order valence-corrected chi connectivity index (χ2v) is 8.21. The summed E-state index contributed by atoms with van der Waals surface area (Å²) in [6.45, 7) is 1.06. The molecule has 1 aromatic heterocycles. The highest BCUT2D eigenvalue weighted by atomic mass is 32.2. The predicted molar refractivity (Wildman–Crippen MR) is 96.3 cm³/mol. The quantitative estimate of drug-likeness (QED) is 0.756. The van der Waals surface area contributed by atoms with Gasteiger partial charge in [-0.2, -0.15) is 4.31 Å². The highest BCUT2D eigenvalue weighted by Crippen LogP contribution is 2.31. The van der Waals surface area contributed by atoms with Crippen molar-refractivity contribution in [1.29, 1.82) is 0 Å². The van der Waals surface area contributed by atoms with Crippen molar-refractivity contribution in [3.63, 3.8) is 0 Å². The first-order chi connectivity index (χ1) is 12.5. The Morgan fingerprint density at radius 3 is 2.46 bits per heavy atom. The van der Waals surface area contributed by atoms with E-state index < -0.39 is 10.0 Å². The number of thiazole rings is 1. The van der Waals surface area contributed by atoms with Gasteiger partial charge in [0.1, 0.15) is 22.1 Å². The Balaban J connectivity index is 1.75. The van der Waals surface area contributed by atoms with Crippen LogP contribution in [0.15, 0.2) is 34.0 Å². The van der Waals surface area contributed by atoms with Crippen LogP contribution >= 0.6 is 11.3 Å². The van der Waals surface area contributed by atoms with Gasteiger partial charge in [-0.25, -0.2) is 13.4 Å². The molecule has 0 saturated carbocycles. The maximum atomic E-state index is 13.0. The maximum absolute atomic E-state index is 13.0. The van der Waals surface area contributed by atoms with Crippen molar-refractivity contribution in [2.24, 2.45) is 0 Å². The zero-order valence-corrected chi connectivity index (χ0v) is 16.0. The molecule has 2 heterocycles. The van der Waals surface area contributed by atoms with Crippen LogP contribution in [0.2, 0.25) is 0 Å². The second kappa shape index (κ2) is 7.60. The lowest BCUT2D eigenvalue weighted by molar-refractivity contribution is 0.0692. The molecule has 3 rings (SSSR count). The van der Waals surface area contributed by atoms with Crippen molar-refractivity contribution in [3.05, 3.63) is 34.8 Å². The fraction of sp³-hybridized carbons (Fsp3) is 0.375. The van der Waals surface area contributed by atoms with E-state index in [1.807, 2.05) is 0 Å². The van der Waals surface area contributed by atoms with Crippen molar-refractivity contribution >= 4 is 27.3 Å². The number of amides is 1. The molecule has 1 aromatic carbocycles. The van der Waals surface area contributed by atoms with Crippen LogP contribution in [0, 0.1) is 0 Å². The van der Waals surface area contributed by atoms with E-state index in [4.69, 9.17) is 9.47 Å². The number of aromatic nitrogens is 1. The number of piperazine rings is 1. The molecule has 0 atom stereocenters. The summed E-state index contributed by atoms with van der Waals surface area (Å²) >= 11 is 1.35. The molecule has 1 amide bonds. The van der Waals surface area contributed by atoms with E-state index in [0.29, 0.717) is 24.5 Å². The number of carbonyl (C=O) groups is 1. The fourth-order valence-corrected chi connectivity index (χ4v) is 4.82. The Morgan fingerprint density at radius 2 is 1.88 bits per heavy atom. The number of sulfonamides is 1. The molecule has 0 radical (unpaired) electrons. The van der Waals surface area contributed by atoms with Gasteiger partial charge in [-0.1, -0.05) is 0 Å². The summed E-state index contributed by atoms with van der Waals surface area (Å²) in [7, 11) is -0.815. The lowest BCUT2D eigenvalue weighted by atomic mass is 10.3.